The van der Waals surface area contributed by atoms with Gasteiger partial charge in [-0.25, -0.2) is 0 Å². The molecule has 1 aliphatic carbocycles. The van der Waals surface area contributed by atoms with Gasteiger partial charge in [0.05, 0.1) is 0 Å². The highest BCUT2D eigenvalue weighted by atomic mass is 35.5. The largest absolute Gasteiger partial charge is 0.362 e. The predicted molar refractivity (Wildman–Crippen MR) is 68.4 cm³/mol. The molecule has 0 aliphatic heterocycles. The number of nitrogens with one attached hydrogen (secondary N) is 2. The van der Waals surface area contributed by atoms with Crippen LogP contribution in [0, 0.1) is 5.92 Å². The summed E-state index contributed by atoms with van der Waals surface area (Å²) in [6, 6.07) is 7.50. The van der Waals surface area contributed by atoms with E-state index in [1.165, 1.54) is 12.8 Å². The Hall–Kier alpha value is -0.800. The van der Waals surface area contributed by atoms with Gasteiger partial charge in [0.2, 0.25) is 0 Å². The molecule has 2 rings (SSSR count). The van der Waals surface area contributed by atoms with Gasteiger partial charge in [0.15, 0.2) is 5.11 Å². The van der Waals surface area contributed by atoms with Gasteiger partial charge in [-0.2, -0.15) is 0 Å². The molecule has 1 saturated carbocycles. The minimum absolute atomic E-state index is 0.684. The Balaban J connectivity index is 1.79. The van der Waals surface area contributed by atoms with Crippen LogP contribution in [0.5, 0.6) is 0 Å². The highest BCUT2D eigenvalue weighted by Crippen LogP contribution is 2.27. The van der Waals surface area contributed by atoms with E-state index in [4.69, 9.17) is 23.8 Å². The molecule has 0 saturated heterocycles. The van der Waals surface area contributed by atoms with E-state index in [-0.39, 0.29) is 0 Å². The van der Waals surface area contributed by atoms with E-state index in [0.717, 1.165) is 23.2 Å². The number of benzene rings is 1. The van der Waals surface area contributed by atoms with E-state index in [2.05, 4.69) is 10.6 Å². The summed E-state index contributed by atoms with van der Waals surface area (Å²) in [5, 5.41) is 7.73. The van der Waals surface area contributed by atoms with Crippen LogP contribution in [-0.4, -0.2) is 11.7 Å². The van der Waals surface area contributed by atoms with Crippen LogP contribution in [0.1, 0.15) is 12.8 Å². The number of rotatable bonds is 3. The van der Waals surface area contributed by atoms with Gasteiger partial charge < -0.3 is 10.6 Å². The second-order valence-electron chi connectivity index (χ2n) is 3.79. The van der Waals surface area contributed by atoms with Crippen molar-refractivity contribution in [2.24, 2.45) is 5.92 Å². The van der Waals surface area contributed by atoms with E-state index < -0.39 is 0 Å². The summed E-state index contributed by atoms with van der Waals surface area (Å²) in [5.74, 6) is 0.829. The lowest BCUT2D eigenvalue weighted by Crippen LogP contribution is -2.30. The zero-order valence-corrected chi connectivity index (χ0v) is 9.87. The van der Waals surface area contributed by atoms with Gasteiger partial charge in [-0.3, -0.25) is 0 Å². The quantitative estimate of drug-likeness (QED) is 0.795. The van der Waals surface area contributed by atoms with Crippen molar-refractivity contribution in [3.63, 3.8) is 0 Å². The van der Waals surface area contributed by atoms with Gasteiger partial charge in [-0.15, -0.1) is 0 Å². The van der Waals surface area contributed by atoms with Crippen molar-refractivity contribution >= 4 is 34.6 Å². The summed E-state index contributed by atoms with van der Waals surface area (Å²) in [4.78, 5) is 0. The van der Waals surface area contributed by atoms with Gasteiger partial charge in [-0.1, -0.05) is 11.6 Å². The maximum atomic E-state index is 5.78. The van der Waals surface area contributed by atoms with Gasteiger partial charge in [0.1, 0.15) is 0 Å². The Morgan fingerprint density at radius 1 is 1.33 bits per heavy atom. The van der Waals surface area contributed by atoms with Crippen molar-refractivity contribution in [1.82, 2.24) is 5.32 Å². The zero-order valence-electron chi connectivity index (χ0n) is 8.29. The topological polar surface area (TPSA) is 24.1 Å². The Morgan fingerprint density at radius 3 is 2.60 bits per heavy atom. The summed E-state index contributed by atoms with van der Waals surface area (Å²) >= 11 is 10.9. The second kappa shape index (κ2) is 4.81. The summed E-state index contributed by atoms with van der Waals surface area (Å²) < 4.78 is 0. The zero-order chi connectivity index (χ0) is 10.7. The fraction of sp³-hybridized carbons (Fsp3) is 0.364. The van der Waals surface area contributed by atoms with Crippen molar-refractivity contribution in [3.8, 4) is 0 Å². The lowest BCUT2D eigenvalue weighted by molar-refractivity contribution is 0.777. The van der Waals surface area contributed by atoms with Gasteiger partial charge >= 0.3 is 0 Å². The van der Waals surface area contributed by atoms with Gasteiger partial charge in [0, 0.05) is 17.3 Å². The first-order chi connectivity index (χ1) is 7.24. The van der Waals surface area contributed by atoms with Crippen molar-refractivity contribution in [1.29, 1.82) is 0 Å². The molecule has 2 N–H and O–H groups in total. The third-order valence-electron chi connectivity index (χ3n) is 2.35. The molecule has 1 aromatic rings. The molecule has 0 atom stereocenters. The van der Waals surface area contributed by atoms with E-state index in [1.54, 1.807) is 0 Å². The minimum atomic E-state index is 0.684. The Labute approximate surface area is 100 Å². The number of hydrogen-bond donors (Lipinski definition) is 2. The first kappa shape index (κ1) is 10.7. The fourth-order valence-electron chi connectivity index (χ4n) is 1.27. The molecule has 15 heavy (non-hydrogen) atoms. The monoisotopic (exact) mass is 240 g/mol. The van der Waals surface area contributed by atoms with Crippen LogP contribution in [0.25, 0.3) is 0 Å². The highest BCUT2D eigenvalue weighted by Gasteiger charge is 2.20. The van der Waals surface area contributed by atoms with Crippen LogP contribution in [0.15, 0.2) is 24.3 Å². The van der Waals surface area contributed by atoms with E-state index in [9.17, 15) is 0 Å². The molecule has 0 bridgehead atoms. The Bertz CT molecular complexity index is 346. The van der Waals surface area contributed by atoms with Crippen LogP contribution in [0.3, 0.4) is 0 Å². The van der Waals surface area contributed by atoms with Crippen LogP contribution in [-0.2, 0) is 0 Å². The standard InChI is InChI=1S/C11H13ClN2S/c12-9-3-5-10(6-4-9)14-11(15)13-7-8-1-2-8/h3-6,8H,1-2,7H2,(H2,13,14,15). The second-order valence-corrected chi connectivity index (χ2v) is 4.63. The van der Waals surface area contributed by atoms with Crippen molar-refractivity contribution in [3.05, 3.63) is 29.3 Å². The normalized spacial score (nSPS) is 14.7. The molecule has 0 amide bonds. The summed E-state index contributed by atoms with van der Waals surface area (Å²) in [6.07, 6.45) is 2.66. The van der Waals surface area contributed by atoms with Crippen LogP contribution in [0.2, 0.25) is 5.02 Å². The van der Waals surface area contributed by atoms with Gasteiger partial charge in [0.25, 0.3) is 0 Å². The van der Waals surface area contributed by atoms with Crippen molar-refractivity contribution in [2.45, 2.75) is 12.8 Å². The van der Waals surface area contributed by atoms with Crippen molar-refractivity contribution < 1.29 is 0 Å². The number of halogens is 1. The minimum Gasteiger partial charge on any atom is -0.362 e. The predicted octanol–water partition coefficient (Wildman–Crippen LogP) is 3.04. The lowest BCUT2D eigenvalue weighted by Gasteiger charge is -2.09. The summed E-state index contributed by atoms with van der Waals surface area (Å²) in [6.45, 7) is 0.986. The average Bonchev–Trinajstić information content (AvgIpc) is 3.02. The maximum Gasteiger partial charge on any atom is 0.170 e. The molecular weight excluding hydrogens is 228 g/mol. The lowest BCUT2D eigenvalue weighted by atomic mass is 10.3. The number of anilines is 1. The SMILES string of the molecule is S=C(NCC1CC1)Nc1ccc(Cl)cc1. The first-order valence-corrected chi connectivity index (χ1v) is 5.83. The highest BCUT2D eigenvalue weighted by molar-refractivity contribution is 7.80. The molecule has 0 spiro atoms. The summed E-state index contributed by atoms with van der Waals surface area (Å²) in [5.41, 5.74) is 0.965. The third-order valence-corrected chi connectivity index (χ3v) is 2.85. The summed E-state index contributed by atoms with van der Waals surface area (Å²) in [7, 11) is 0. The Kier molecular flexibility index (Phi) is 3.44. The van der Waals surface area contributed by atoms with E-state index in [0.29, 0.717) is 5.11 Å². The van der Waals surface area contributed by atoms with Crippen LogP contribution >= 0.6 is 23.8 Å². The molecule has 4 heteroatoms. The third kappa shape index (κ3) is 3.68. The van der Waals surface area contributed by atoms with Gasteiger partial charge in [-0.05, 0) is 55.2 Å². The van der Waals surface area contributed by atoms with Crippen LogP contribution < -0.4 is 10.6 Å². The van der Waals surface area contributed by atoms with Crippen molar-refractivity contribution in [2.75, 3.05) is 11.9 Å². The molecule has 2 nitrogen and oxygen atoms in total. The van der Waals surface area contributed by atoms with E-state index >= 15 is 0 Å². The average molecular weight is 241 g/mol. The fourth-order valence-corrected chi connectivity index (χ4v) is 1.59. The molecule has 0 radical (unpaired) electrons. The first-order valence-electron chi connectivity index (χ1n) is 5.04. The van der Waals surface area contributed by atoms with E-state index in [1.807, 2.05) is 24.3 Å². The molecule has 80 valence electrons. The van der Waals surface area contributed by atoms with Crippen LogP contribution in [0.4, 0.5) is 5.69 Å². The molecule has 1 aromatic carbocycles. The molecular formula is C11H13ClN2S. The number of thiocarbonyl (C=S) groups is 1. The molecule has 0 unspecified atom stereocenters. The Morgan fingerprint density at radius 2 is 2.00 bits per heavy atom. The molecule has 0 aromatic heterocycles. The molecule has 0 heterocycles. The molecule has 1 fully saturated rings. The maximum absolute atomic E-state index is 5.78. The smallest absolute Gasteiger partial charge is 0.170 e. The molecule has 1 aliphatic rings. The number of hydrogen-bond acceptors (Lipinski definition) is 1.